The number of halogens is 1. The molecule has 0 spiro atoms. The summed E-state index contributed by atoms with van der Waals surface area (Å²) >= 11 is 6.26. The first kappa shape index (κ1) is 14.0. The van der Waals surface area contributed by atoms with Gasteiger partial charge in [-0.25, -0.2) is 0 Å². The van der Waals surface area contributed by atoms with Crippen LogP contribution in [0.5, 0.6) is 0 Å². The molecular weight excluding hydrogens is 258 g/mol. The van der Waals surface area contributed by atoms with Crippen LogP contribution in [0, 0.1) is 6.92 Å². The molecule has 0 saturated carbocycles. The van der Waals surface area contributed by atoms with Gasteiger partial charge in [0.15, 0.2) is 0 Å². The number of nitrogens with one attached hydrogen (secondary N) is 1. The molecule has 2 heterocycles. The van der Waals surface area contributed by atoms with Gasteiger partial charge in [-0.3, -0.25) is 9.97 Å². The minimum absolute atomic E-state index is 0.0129. The quantitative estimate of drug-likeness (QED) is 0.907. The molecule has 100 valence electrons. The summed E-state index contributed by atoms with van der Waals surface area (Å²) in [5.41, 5.74) is 3.08. The van der Waals surface area contributed by atoms with Crippen LogP contribution < -0.4 is 5.32 Å². The van der Waals surface area contributed by atoms with Crippen LogP contribution in [0.3, 0.4) is 0 Å². The molecular formula is C15H18ClN3. The van der Waals surface area contributed by atoms with Crippen LogP contribution in [0.25, 0.3) is 0 Å². The average Bonchev–Trinajstić information content (AvgIpc) is 2.41. The lowest BCUT2D eigenvalue weighted by Gasteiger charge is -2.19. The number of pyridine rings is 2. The molecule has 1 N–H and O–H groups in total. The fraction of sp³-hybridized carbons (Fsp3) is 0.333. The van der Waals surface area contributed by atoms with Crippen LogP contribution in [0.1, 0.15) is 36.2 Å². The van der Waals surface area contributed by atoms with E-state index in [0.717, 1.165) is 29.8 Å². The summed E-state index contributed by atoms with van der Waals surface area (Å²) in [4.78, 5) is 8.67. The molecule has 1 unspecified atom stereocenters. The molecule has 0 fully saturated rings. The number of aromatic nitrogens is 2. The van der Waals surface area contributed by atoms with Crippen molar-refractivity contribution in [1.82, 2.24) is 15.3 Å². The van der Waals surface area contributed by atoms with Crippen molar-refractivity contribution in [3.05, 3.63) is 58.6 Å². The second-order valence-electron chi connectivity index (χ2n) is 4.55. The molecule has 2 aromatic heterocycles. The molecule has 0 aromatic carbocycles. The van der Waals surface area contributed by atoms with Gasteiger partial charge in [0.25, 0.3) is 0 Å². The minimum Gasteiger partial charge on any atom is -0.305 e. The normalized spacial score (nSPS) is 12.4. The Balaban J connectivity index is 2.38. The van der Waals surface area contributed by atoms with Crippen molar-refractivity contribution in [1.29, 1.82) is 0 Å². The topological polar surface area (TPSA) is 37.8 Å². The third-order valence-corrected chi connectivity index (χ3v) is 3.21. The van der Waals surface area contributed by atoms with E-state index in [-0.39, 0.29) is 6.04 Å². The molecule has 4 heteroatoms. The lowest BCUT2D eigenvalue weighted by molar-refractivity contribution is 0.585. The lowest BCUT2D eigenvalue weighted by Crippen LogP contribution is -2.24. The van der Waals surface area contributed by atoms with Crippen LogP contribution in [-0.4, -0.2) is 16.5 Å². The second-order valence-corrected chi connectivity index (χ2v) is 4.96. The van der Waals surface area contributed by atoms with Crippen LogP contribution in [0.4, 0.5) is 0 Å². The van der Waals surface area contributed by atoms with Gasteiger partial charge in [-0.2, -0.15) is 0 Å². The van der Waals surface area contributed by atoms with E-state index in [2.05, 4.69) is 28.3 Å². The molecule has 19 heavy (non-hydrogen) atoms. The van der Waals surface area contributed by atoms with Gasteiger partial charge in [0, 0.05) is 18.6 Å². The van der Waals surface area contributed by atoms with Crippen LogP contribution in [-0.2, 0) is 0 Å². The summed E-state index contributed by atoms with van der Waals surface area (Å²) in [6, 6.07) is 5.82. The summed E-state index contributed by atoms with van der Waals surface area (Å²) in [5, 5.41) is 4.16. The SMILES string of the molecule is CCCNC(c1cncc(C)c1)c1ncccc1Cl. The highest BCUT2D eigenvalue weighted by Crippen LogP contribution is 2.26. The summed E-state index contributed by atoms with van der Waals surface area (Å²) in [6.45, 7) is 5.08. The Morgan fingerprint density at radius 2 is 2.21 bits per heavy atom. The first-order valence-corrected chi connectivity index (χ1v) is 6.85. The van der Waals surface area contributed by atoms with Crippen molar-refractivity contribution >= 4 is 11.6 Å². The fourth-order valence-corrected chi connectivity index (χ4v) is 2.24. The number of hydrogen-bond donors (Lipinski definition) is 1. The van der Waals surface area contributed by atoms with Crippen LogP contribution in [0.2, 0.25) is 5.02 Å². The molecule has 0 saturated heterocycles. The molecule has 0 aliphatic carbocycles. The van der Waals surface area contributed by atoms with E-state index in [9.17, 15) is 0 Å². The first-order valence-electron chi connectivity index (χ1n) is 6.47. The molecule has 1 atom stereocenters. The Hall–Kier alpha value is -1.45. The van der Waals surface area contributed by atoms with E-state index in [1.54, 1.807) is 6.20 Å². The third kappa shape index (κ3) is 3.52. The number of hydrogen-bond acceptors (Lipinski definition) is 3. The third-order valence-electron chi connectivity index (χ3n) is 2.89. The molecule has 3 nitrogen and oxygen atoms in total. The summed E-state index contributed by atoms with van der Waals surface area (Å²) < 4.78 is 0. The van der Waals surface area contributed by atoms with E-state index in [4.69, 9.17) is 11.6 Å². The van der Waals surface area contributed by atoms with E-state index >= 15 is 0 Å². The highest BCUT2D eigenvalue weighted by atomic mass is 35.5. The van der Waals surface area contributed by atoms with E-state index in [0.29, 0.717) is 5.02 Å². The van der Waals surface area contributed by atoms with E-state index in [1.165, 1.54) is 0 Å². The zero-order valence-electron chi connectivity index (χ0n) is 11.2. The predicted molar refractivity (Wildman–Crippen MR) is 78.4 cm³/mol. The van der Waals surface area contributed by atoms with Gasteiger partial charge in [-0.15, -0.1) is 0 Å². The molecule has 0 radical (unpaired) electrons. The van der Waals surface area contributed by atoms with Gasteiger partial charge in [0.2, 0.25) is 0 Å². The van der Waals surface area contributed by atoms with Gasteiger partial charge >= 0.3 is 0 Å². The number of rotatable bonds is 5. The molecule has 2 aromatic rings. The highest BCUT2D eigenvalue weighted by Gasteiger charge is 2.17. The fourth-order valence-electron chi connectivity index (χ4n) is 2.01. The van der Waals surface area contributed by atoms with Crippen LogP contribution in [0.15, 0.2) is 36.8 Å². The van der Waals surface area contributed by atoms with Crippen molar-refractivity contribution in [3.8, 4) is 0 Å². The monoisotopic (exact) mass is 275 g/mol. The van der Waals surface area contributed by atoms with Crippen LogP contribution >= 0.6 is 11.6 Å². The first-order chi connectivity index (χ1) is 9.22. The van der Waals surface area contributed by atoms with Crippen molar-refractivity contribution in [2.75, 3.05) is 6.54 Å². The largest absolute Gasteiger partial charge is 0.305 e. The smallest absolute Gasteiger partial charge is 0.0804 e. The van der Waals surface area contributed by atoms with Gasteiger partial charge in [0.05, 0.1) is 16.8 Å². The molecule has 0 aliphatic rings. The number of aryl methyl sites for hydroxylation is 1. The van der Waals surface area contributed by atoms with Gasteiger partial charge in [-0.1, -0.05) is 24.6 Å². The molecule has 2 rings (SSSR count). The number of nitrogens with zero attached hydrogens (tertiary/aromatic N) is 2. The summed E-state index contributed by atoms with van der Waals surface area (Å²) in [5.74, 6) is 0. The zero-order valence-corrected chi connectivity index (χ0v) is 12.0. The molecule has 0 bridgehead atoms. The minimum atomic E-state index is -0.0129. The highest BCUT2D eigenvalue weighted by molar-refractivity contribution is 6.31. The maximum Gasteiger partial charge on any atom is 0.0804 e. The maximum atomic E-state index is 6.26. The lowest BCUT2D eigenvalue weighted by atomic mass is 10.0. The Morgan fingerprint density at radius 3 is 2.89 bits per heavy atom. The Kier molecular flexibility index (Phi) is 4.88. The van der Waals surface area contributed by atoms with Gasteiger partial charge in [-0.05, 0) is 43.1 Å². The maximum absolute atomic E-state index is 6.26. The Labute approximate surface area is 119 Å². The Bertz CT molecular complexity index is 542. The van der Waals surface area contributed by atoms with E-state index in [1.807, 2.05) is 31.5 Å². The van der Waals surface area contributed by atoms with Crippen molar-refractivity contribution in [3.63, 3.8) is 0 Å². The Morgan fingerprint density at radius 1 is 1.37 bits per heavy atom. The summed E-state index contributed by atoms with van der Waals surface area (Å²) in [7, 11) is 0. The van der Waals surface area contributed by atoms with Crippen molar-refractivity contribution in [2.45, 2.75) is 26.3 Å². The van der Waals surface area contributed by atoms with Gasteiger partial charge in [0.1, 0.15) is 0 Å². The van der Waals surface area contributed by atoms with Crippen molar-refractivity contribution < 1.29 is 0 Å². The molecule has 0 aliphatic heterocycles. The average molecular weight is 276 g/mol. The van der Waals surface area contributed by atoms with Crippen molar-refractivity contribution in [2.24, 2.45) is 0 Å². The predicted octanol–water partition coefficient (Wildman–Crippen LogP) is 3.53. The summed E-state index contributed by atoms with van der Waals surface area (Å²) in [6.07, 6.45) is 6.54. The standard InChI is InChI=1S/C15H18ClN3/c1-3-6-18-14(12-8-11(2)9-17-10-12)15-13(16)5-4-7-19-15/h4-5,7-10,14,18H,3,6H2,1-2H3. The molecule has 0 amide bonds. The van der Waals surface area contributed by atoms with E-state index < -0.39 is 0 Å². The second kappa shape index (κ2) is 6.64. The van der Waals surface area contributed by atoms with Gasteiger partial charge < -0.3 is 5.32 Å². The zero-order chi connectivity index (χ0) is 13.7.